The van der Waals surface area contributed by atoms with E-state index in [4.69, 9.17) is 11.0 Å². The van der Waals surface area contributed by atoms with Crippen LogP contribution < -0.4 is 5.73 Å². The van der Waals surface area contributed by atoms with Crippen LogP contribution in [0.4, 0.5) is 11.4 Å². The summed E-state index contributed by atoms with van der Waals surface area (Å²) in [6, 6.07) is 3.49. The second-order valence-electron chi connectivity index (χ2n) is 4.17. The molecule has 0 saturated heterocycles. The van der Waals surface area contributed by atoms with E-state index in [9.17, 15) is 18.1 Å². The minimum atomic E-state index is -4.64. The van der Waals surface area contributed by atoms with Gasteiger partial charge >= 0.3 is 0 Å². The lowest BCUT2D eigenvalue weighted by molar-refractivity contribution is -0.432. The van der Waals surface area contributed by atoms with Gasteiger partial charge < -0.3 is 10.8 Å². The Bertz CT molecular complexity index is 883. The van der Waals surface area contributed by atoms with Crippen LogP contribution in [-0.4, -0.2) is 30.4 Å². The van der Waals surface area contributed by atoms with Gasteiger partial charge in [-0.2, -0.15) is 18.6 Å². The predicted molar refractivity (Wildman–Crippen MR) is 80.9 cm³/mol. The summed E-state index contributed by atoms with van der Waals surface area (Å²) in [5, 5.41) is 28.8. The molecule has 12 heteroatoms. The minimum Gasteiger partial charge on any atom is -0.507 e. The van der Waals surface area contributed by atoms with Gasteiger partial charge in [0, 0.05) is 17.3 Å². The molecule has 0 saturated carbocycles. The van der Waals surface area contributed by atoms with Gasteiger partial charge in [-0.1, -0.05) is 5.04 Å². The highest BCUT2D eigenvalue weighted by atomic mass is 32.2. The van der Waals surface area contributed by atoms with Crippen molar-refractivity contribution in [2.24, 2.45) is 10.2 Å². The molecule has 0 aromatic heterocycles. The topological polar surface area (TPSA) is 164 Å². The number of nitrogens with two attached hydrogens (primary N) is 1. The molecule has 2 aromatic carbocycles. The van der Waals surface area contributed by atoms with Crippen molar-refractivity contribution in [3.05, 3.63) is 18.2 Å². The van der Waals surface area contributed by atoms with E-state index in [0.717, 1.165) is 6.07 Å². The van der Waals surface area contributed by atoms with Gasteiger partial charge in [0.2, 0.25) is 0 Å². The zero-order valence-corrected chi connectivity index (χ0v) is 13.1. The molecule has 124 valence electrons. The molecule has 0 bridgehead atoms. The van der Waals surface area contributed by atoms with Crippen molar-refractivity contribution in [3.8, 4) is 5.75 Å². The molecule has 23 heavy (non-hydrogen) atoms. The standard InChI is InChI=1S/C11H11N3O7S2/c1-13-14-7-4-9(23(17,18)19)6-2-5(22-21-20-16)3-8(15)10(6)11(7)12/h2-4,15-16H,12H2,1H3,(H,17,18,19). The van der Waals surface area contributed by atoms with Crippen LogP contribution in [0.2, 0.25) is 0 Å². The molecular formula is C11H11N3O7S2. The van der Waals surface area contributed by atoms with Crippen molar-refractivity contribution in [2.75, 3.05) is 12.8 Å². The minimum absolute atomic E-state index is 0.0219. The lowest BCUT2D eigenvalue weighted by atomic mass is 10.1. The van der Waals surface area contributed by atoms with Crippen LogP contribution in [-0.2, 0) is 19.5 Å². The van der Waals surface area contributed by atoms with E-state index in [1.54, 1.807) is 0 Å². The first-order valence-corrected chi connectivity index (χ1v) is 7.99. The molecule has 0 heterocycles. The number of nitrogen functional groups attached to an aromatic ring is 1. The summed E-state index contributed by atoms with van der Waals surface area (Å²) in [6.45, 7) is 0. The highest BCUT2D eigenvalue weighted by Crippen LogP contribution is 2.42. The molecule has 2 aromatic rings. The fourth-order valence-electron chi connectivity index (χ4n) is 1.99. The average molecular weight is 361 g/mol. The summed E-state index contributed by atoms with van der Waals surface area (Å²) >= 11 is 0.498. The molecule has 10 nitrogen and oxygen atoms in total. The molecule has 0 atom stereocenters. The predicted octanol–water partition coefficient (Wildman–Crippen LogP) is 2.52. The third-order valence-electron chi connectivity index (χ3n) is 2.82. The normalized spacial score (nSPS) is 12.3. The van der Waals surface area contributed by atoms with Crippen LogP contribution in [0.25, 0.3) is 10.8 Å². The van der Waals surface area contributed by atoms with E-state index in [1.807, 2.05) is 0 Å². The molecule has 0 fully saturated rings. The average Bonchev–Trinajstić information content (AvgIpc) is 2.46. The summed E-state index contributed by atoms with van der Waals surface area (Å²) in [4.78, 5) is -0.343. The number of aromatic hydroxyl groups is 1. The van der Waals surface area contributed by atoms with E-state index in [0.29, 0.717) is 12.0 Å². The molecule has 0 spiro atoms. The third-order valence-corrected chi connectivity index (χ3v) is 4.27. The Morgan fingerprint density at radius 3 is 2.57 bits per heavy atom. The molecule has 0 aliphatic rings. The maximum Gasteiger partial charge on any atom is 0.295 e. The van der Waals surface area contributed by atoms with Gasteiger partial charge in [-0.05, 0) is 18.2 Å². The number of phenolic OH excluding ortho intramolecular Hbond substituents is 1. The largest absolute Gasteiger partial charge is 0.507 e. The first kappa shape index (κ1) is 17.4. The van der Waals surface area contributed by atoms with Crippen molar-refractivity contribution in [1.82, 2.24) is 0 Å². The van der Waals surface area contributed by atoms with Crippen molar-refractivity contribution in [3.63, 3.8) is 0 Å². The maximum absolute atomic E-state index is 11.6. The monoisotopic (exact) mass is 361 g/mol. The number of nitrogens with zero attached hydrogens (tertiary/aromatic N) is 2. The van der Waals surface area contributed by atoms with Gasteiger partial charge in [0.25, 0.3) is 10.1 Å². The lowest BCUT2D eigenvalue weighted by Gasteiger charge is -2.12. The van der Waals surface area contributed by atoms with Crippen LogP contribution in [0, 0.1) is 0 Å². The number of phenols is 1. The maximum atomic E-state index is 11.6. The number of benzene rings is 2. The molecular weight excluding hydrogens is 350 g/mol. The Labute approximate surface area is 134 Å². The number of azo groups is 1. The van der Waals surface area contributed by atoms with Crippen LogP contribution in [0.1, 0.15) is 0 Å². The summed E-state index contributed by atoms with van der Waals surface area (Å²) in [6.07, 6.45) is 0. The summed E-state index contributed by atoms with van der Waals surface area (Å²) in [5.41, 5.74) is 5.82. The molecule has 0 aliphatic carbocycles. The second kappa shape index (κ2) is 6.66. The smallest absolute Gasteiger partial charge is 0.295 e. The summed E-state index contributed by atoms with van der Waals surface area (Å²) in [5.74, 6) is -0.387. The number of hydrogen-bond acceptors (Lipinski definition) is 10. The van der Waals surface area contributed by atoms with Gasteiger partial charge in [-0.25, -0.2) is 5.26 Å². The zero-order chi connectivity index (χ0) is 17.2. The van der Waals surface area contributed by atoms with E-state index in [-0.39, 0.29) is 32.8 Å². The third kappa shape index (κ3) is 3.52. The summed E-state index contributed by atoms with van der Waals surface area (Å²) < 4.78 is 36.8. The van der Waals surface area contributed by atoms with E-state index in [1.165, 1.54) is 19.2 Å². The van der Waals surface area contributed by atoms with Crippen molar-refractivity contribution < 1.29 is 32.7 Å². The van der Waals surface area contributed by atoms with Gasteiger partial charge in [-0.15, -0.1) is 4.33 Å². The molecule has 0 radical (unpaired) electrons. The number of anilines is 1. The van der Waals surface area contributed by atoms with E-state index in [2.05, 4.69) is 19.6 Å². The van der Waals surface area contributed by atoms with Crippen LogP contribution in [0.5, 0.6) is 5.75 Å². The highest BCUT2D eigenvalue weighted by molar-refractivity contribution is 7.94. The Hall–Kier alpha value is -1.96. The fraction of sp³-hybridized carbons (Fsp3) is 0.0909. The van der Waals surface area contributed by atoms with Gasteiger partial charge in [0.1, 0.15) is 16.3 Å². The quantitative estimate of drug-likeness (QED) is 0.156. The van der Waals surface area contributed by atoms with Crippen LogP contribution in [0.15, 0.2) is 38.2 Å². The van der Waals surface area contributed by atoms with Gasteiger partial charge in [0.15, 0.2) is 0 Å². The van der Waals surface area contributed by atoms with E-state index < -0.39 is 15.0 Å². The van der Waals surface area contributed by atoms with Crippen LogP contribution in [0.3, 0.4) is 0 Å². The van der Waals surface area contributed by atoms with Gasteiger partial charge in [-0.3, -0.25) is 4.55 Å². The first-order chi connectivity index (χ1) is 10.8. The first-order valence-electron chi connectivity index (χ1n) is 5.81. The molecule has 5 N–H and O–H groups in total. The van der Waals surface area contributed by atoms with E-state index >= 15 is 0 Å². The summed E-state index contributed by atoms with van der Waals surface area (Å²) in [7, 11) is -3.29. The molecule has 0 unspecified atom stereocenters. The van der Waals surface area contributed by atoms with Gasteiger partial charge in [0.05, 0.1) is 23.1 Å². The van der Waals surface area contributed by atoms with Crippen LogP contribution >= 0.6 is 12.0 Å². The molecule has 2 rings (SSSR count). The Morgan fingerprint density at radius 2 is 2.00 bits per heavy atom. The zero-order valence-electron chi connectivity index (χ0n) is 11.5. The Morgan fingerprint density at radius 1 is 1.30 bits per heavy atom. The second-order valence-corrected chi connectivity index (χ2v) is 6.34. The SMILES string of the molecule is CN=Nc1cc(S(=O)(=O)O)c2cc(SOOO)cc(O)c2c1N. The highest BCUT2D eigenvalue weighted by Gasteiger charge is 2.21. The van der Waals surface area contributed by atoms with Crippen molar-refractivity contribution in [1.29, 1.82) is 0 Å². The van der Waals surface area contributed by atoms with Crippen molar-refractivity contribution in [2.45, 2.75) is 9.79 Å². The number of fused-ring (bicyclic) bond motifs is 1. The molecule has 0 amide bonds. The van der Waals surface area contributed by atoms with Crippen molar-refractivity contribution >= 4 is 44.3 Å². The number of rotatable bonds is 5. The molecule has 0 aliphatic heterocycles. The fourth-order valence-corrected chi connectivity index (χ4v) is 3.13. The Balaban J connectivity index is 2.89. The Kier molecular flexibility index (Phi) is 5.03. The number of hydrogen-bond donors (Lipinski definition) is 4. The lowest BCUT2D eigenvalue weighted by Crippen LogP contribution is -2.01.